The van der Waals surface area contributed by atoms with Crippen LogP contribution in [0.1, 0.15) is 0 Å². The van der Waals surface area contributed by atoms with Gasteiger partial charge in [0.05, 0.1) is 0 Å². The molecule has 0 unspecified atom stereocenters. The summed E-state index contributed by atoms with van der Waals surface area (Å²) in [5, 5.41) is 37.5. The molecule has 0 amide bonds. The second-order valence-electron chi connectivity index (χ2n) is 0. The van der Waals surface area contributed by atoms with Gasteiger partial charge in [0.25, 0.3) is 0 Å². The summed E-state index contributed by atoms with van der Waals surface area (Å²) >= 11 is 0. The molecule has 0 spiro atoms. The number of hydrogen-bond donors (Lipinski definition) is 0. The van der Waals surface area contributed by atoms with Crippen LogP contribution in [0.5, 0.6) is 0 Å². The van der Waals surface area contributed by atoms with Gasteiger partial charge in [-0.2, -0.15) is 0 Å². The van der Waals surface area contributed by atoms with Crippen LogP contribution in [0, 0.1) is 71.0 Å². The molecule has 0 atom stereocenters. The van der Waals surface area contributed by atoms with Crippen molar-refractivity contribution < 1.29 is 53.0 Å². The van der Waals surface area contributed by atoms with Gasteiger partial charge in [-0.05, 0) is 0 Å². The maximum atomic E-state index is 6.25. The maximum Gasteiger partial charge on any atom is 3.00 e. The number of hydrogen-bond acceptors (Lipinski definition) is 6. The summed E-state index contributed by atoms with van der Waals surface area (Å²) in [4.78, 5) is 0. The van der Waals surface area contributed by atoms with Gasteiger partial charge in [0.1, 0.15) is 0 Å². The van der Waals surface area contributed by atoms with Crippen LogP contribution in [-0.2, 0) is 34.1 Å². The fourth-order valence-corrected chi connectivity index (χ4v) is 0. The summed E-state index contributed by atoms with van der Waals surface area (Å²) in [5.41, 5.74) is 0. The molecule has 0 aromatic carbocycles. The van der Waals surface area contributed by atoms with Crippen molar-refractivity contribution in [2.24, 2.45) is 0 Å². The van der Waals surface area contributed by atoms with E-state index < -0.39 is 0 Å². The zero-order chi connectivity index (χ0) is 12.0. The zero-order valence-electron chi connectivity index (χ0n) is 7.39. The minimum atomic E-state index is 0. The Morgan fingerprint density at radius 1 is 0.400 bits per heavy atom. The van der Waals surface area contributed by atoms with Gasteiger partial charge in [-0.3, -0.25) is 0 Å². The van der Waals surface area contributed by atoms with Crippen LogP contribution in [-0.4, -0.2) is 0 Å². The molecule has 0 aromatic heterocycles. The first-order valence-electron chi connectivity index (χ1n) is 1.34. The van der Waals surface area contributed by atoms with Crippen LogP contribution in [0.25, 0.3) is 0 Å². The van der Waals surface area contributed by atoms with Gasteiger partial charge in [-0.25, -0.2) is 0 Å². The van der Waals surface area contributed by atoms with Gasteiger partial charge in [-0.1, -0.05) is 0 Å². The Morgan fingerprint density at radius 2 is 0.400 bits per heavy atom. The van der Waals surface area contributed by atoms with Crippen LogP contribution in [0.2, 0.25) is 0 Å². The Kier molecular flexibility index (Phi) is 5680. The maximum absolute atomic E-state index is 6.25. The molecule has 0 aliphatic carbocycles. The van der Waals surface area contributed by atoms with Crippen LogP contribution in [0.3, 0.4) is 0 Å². The van der Waals surface area contributed by atoms with E-state index in [0.29, 0.717) is 0 Å². The average molecular weight is 275 g/mol. The molecule has 71 valence electrons. The Balaban J connectivity index is -0.00000000396. The molecule has 15 heavy (non-hydrogen) atoms. The second-order valence-corrected chi connectivity index (χ2v) is 0. The number of nitrogens with zero attached hydrogens (tertiary/aromatic N) is 6. The third kappa shape index (κ3) is 694. The van der Waals surface area contributed by atoms with E-state index in [1.54, 1.807) is 0 Å². The topological polar surface area (TPSA) is 143 Å². The first-order valence-corrected chi connectivity index (χ1v) is 1.34. The Hall–Kier alpha value is -1.42. The number of rotatable bonds is 0. The van der Waals surface area contributed by atoms with Crippen molar-refractivity contribution in [1.29, 1.82) is 31.6 Å². The quantitative estimate of drug-likeness (QED) is 0.355. The molecule has 1 radical (unpaired) electrons. The largest absolute Gasteiger partial charge is 3.00 e. The van der Waals surface area contributed by atoms with E-state index in [1.807, 2.05) is 0 Å². The molecule has 0 bridgehead atoms. The van der Waals surface area contributed by atoms with E-state index in [2.05, 4.69) is 0 Å². The van der Waals surface area contributed by atoms with Crippen LogP contribution >= 0.6 is 0 Å². The fourth-order valence-electron chi connectivity index (χ4n) is 0. The van der Waals surface area contributed by atoms with E-state index in [0.717, 1.165) is 0 Å². The summed E-state index contributed by atoms with van der Waals surface area (Å²) in [6.45, 7) is 28.5. The predicted octanol–water partition coefficient (Wildman–Crippen LogP) is -2.42. The smallest absolute Gasteiger partial charge is 0.512 e. The van der Waals surface area contributed by atoms with Crippen molar-refractivity contribution in [2.45, 2.75) is 0 Å². The molecule has 6 nitrogen and oxygen atoms in total. The van der Waals surface area contributed by atoms with E-state index in [4.69, 9.17) is 71.0 Å². The summed E-state index contributed by atoms with van der Waals surface area (Å²) in [6, 6.07) is 0. The van der Waals surface area contributed by atoms with Crippen molar-refractivity contribution >= 4 is 0 Å². The fraction of sp³-hybridized carbons (Fsp3) is 0. The summed E-state index contributed by atoms with van der Waals surface area (Å²) < 4.78 is 0. The van der Waals surface area contributed by atoms with E-state index in [9.17, 15) is 0 Å². The molecule has 0 fully saturated rings. The van der Waals surface area contributed by atoms with Crippen molar-refractivity contribution in [3.63, 3.8) is 0 Å². The predicted molar refractivity (Wildman–Crippen MR) is 29.8 cm³/mol. The standard InChI is InChI=1S/6CN.2Fe.Li/c6*1-2;;;/q6*-1;+2;+3;+1. The third-order valence-electron chi connectivity index (χ3n) is 0. The van der Waals surface area contributed by atoms with Gasteiger partial charge in [-0.15, -0.1) is 0 Å². The van der Waals surface area contributed by atoms with Gasteiger partial charge >= 0.3 is 53.0 Å². The van der Waals surface area contributed by atoms with Crippen molar-refractivity contribution in [3.05, 3.63) is 39.4 Å². The first-order chi connectivity index (χ1) is 6.00. The van der Waals surface area contributed by atoms with Crippen molar-refractivity contribution in [2.75, 3.05) is 0 Å². The molecule has 0 aliphatic rings. The minimum Gasteiger partial charge on any atom is -0.512 e. The van der Waals surface area contributed by atoms with Crippen molar-refractivity contribution in [3.8, 4) is 0 Å². The van der Waals surface area contributed by atoms with Gasteiger partial charge in [0, 0.05) is 0 Å². The molecule has 0 saturated heterocycles. The molecule has 0 saturated carbocycles. The molecule has 0 N–H and O–H groups in total. The summed E-state index contributed by atoms with van der Waals surface area (Å²) in [7, 11) is 0. The Bertz CT molecular complexity index is 101. The third-order valence-corrected chi connectivity index (χ3v) is 0. The molecule has 9 heteroatoms. The molecular weight excluding hydrogens is 275 g/mol. The average Bonchev–Trinajstić information content (AvgIpc) is 2.33. The summed E-state index contributed by atoms with van der Waals surface area (Å²) in [6.07, 6.45) is 0. The SMILES string of the molecule is [C-]#N.[C-]#N.[C-]#N.[C-]#N.[C-]#N.[C-]#N.[Fe+2].[Fe+3].[Li+]. The second kappa shape index (κ2) is 832. The molecular formula is C6Fe2LiN6. The van der Waals surface area contributed by atoms with Gasteiger partial charge < -0.3 is 71.0 Å². The zero-order valence-corrected chi connectivity index (χ0v) is 9.60. The van der Waals surface area contributed by atoms with Crippen LogP contribution in [0.4, 0.5) is 0 Å². The van der Waals surface area contributed by atoms with Crippen molar-refractivity contribution in [1.82, 2.24) is 0 Å². The van der Waals surface area contributed by atoms with E-state index in [-0.39, 0.29) is 53.0 Å². The molecule has 0 aliphatic heterocycles. The normalized spacial score (nSPS) is 0.800. The molecule has 0 rings (SSSR count). The molecule has 0 heterocycles. The van der Waals surface area contributed by atoms with E-state index >= 15 is 0 Å². The Morgan fingerprint density at radius 3 is 0.400 bits per heavy atom. The van der Waals surface area contributed by atoms with Gasteiger partial charge in [0.2, 0.25) is 0 Å². The van der Waals surface area contributed by atoms with Gasteiger partial charge in [0.15, 0.2) is 0 Å². The minimum absolute atomic E-state index is 0. The first kappa shape index (κ1) is 103. The monoisotopic (exact) mass is 275 g/mol. The summed E-state index contributed by atoms with van der Waals surface area (Å²) in [5.74, 6) is 0. The van der Waals surface area contributed by atoms with E-state index in [1.165, 1.54) is 0 Å². The Labute approximate surface area is 123 Å². The molecule has 0 aromatic rings. The van der Waals surface area contributed by atoms with Crippen LogP contribution in [0.15, 0.2) is 0 Å². The van der Waals surface area contributed by atoms with Crippen LogP contribution < -0.4 is 18.9 Å².